The summed E-state index contributed by atoms with van der Waals surface area (Å²) in [7, 11) is 0. The van der Waals surface area contributed by atoms with Crippen LogP contribution in [0.4, 0.5) is 5.69 Å². The van der Waals surface area contributed by atoms with Gasteiger partial charge in [-0.2, -0.15) is 0 Å². The van der Waals surface area contributed by atoms with E-state index in [9.17, 15) is 9.90 Å². The van der Waals surface area contributed by atoms with E-state index in [4.69, 9.17) is 10.8 Å². The number of amides is 1. The second-order valence-electron chi connectivity index (χ2n) is 5.94. The molecule has 0 saturated carbocycles. The zero-order valence-electron chi connectivity index (χ0n) is 13.6. The van der Waals surface area contributed by atoms with Gasteiger partial charge >= 0.3 is 0 Å². The maximum Gasteiger partial charge on any atom is 0.241 e. The Balaban J connectivity index is 2.62. The topological polar surface area (TPSA) is 108 Å². The van der Waals surface area contributed by atoms with Crippen molar-refractivity contribution in [2.24, 2.45) is 11.7 Å². The minimum atomic E-state index is -0.945. The summed E-state index contributed by atoms with van der Waals surface area (Å²) >= 11 is 0. The van der Waals surface area contributed by atoms with Gasteiger partial charge in [0.2, 0.25) is 5.91 Å². The summed E-state index contributed by atoms with van der Waals surface area (Å²) in [5.74, 6) is -0.155. The van der Waals surface area contributed by atoms with E-state index in [1.165, 1.54) is 0 Å². The number of benzene rings is 1. The molecule has 1 rings (SSSR count). The van der Waals surface area contributed by atoms with Gasteiger partial charge in [-0.1, -0.05) is 19.9 Å². The third-order valence-electron chi connectivity index (χ3n) is 3.73. The van der Waals surface area contributed by atoms with Crippen molar-refractivity contribution in [1.29, 1.82) is 0 Å². The van der Waals surface area contributed by atoms with Crippen LogP contribution in [-0.2, 0) is 11.4 Å². The molecule has 3 atom stereocenters. The number of hydrogen-bond donors (Lipinski definition) is 5. The maximum absolute atomic E-state index is 12.1. The van der Waals surface area contributed by atoms with Gasteiger partial charge in [0.25, 0.3) is 0 Å². The number of aliphatic hydroxyl groups excluding tert-OH is 2. The fourth-order valence-electron chi connectivity index (χ4n) is 2.01. The Morgan fingerprint density at radius 2 is 1.95 bits per heavy atom. The van der Waals surface area contributed by atoms with E-state index in [-0.39, 0.29) is 18.4 Å². The number of carbonyl (C=O) groups excluding carboxylic acids is 1. The molecule has 0 fully saturated rings. The van der Waals surface area contributed by atoms with Crippen LogP contribution in [0.2, 0.25) is 0 Å². The van der Waals surface area contributed by atoms with Gasteiger partial charge < -0.3 is 21.3 Å². The predicted molar refractivity (Wildman–Crippen MR) is 87.1 cm³/mol. The number of anilines is 1. The van der Waals surface area contributed by atoms with Crippen LogP contribution in [0.15, 0.2) is 18.2 Å². The van der Waals surface area contributed by atoms with Crippen LogP contribution in [-0.4, -0.2) is 34.4 Å². The van der Waals surface area contributed by atoms with Crippen molar-refractivity contribution < 1.29 is 15.0 Å². The molecule has 0 aromatic heterocycles. The number of aryl methyl sites for hydroxylation is 1. The average molecular weight is 309 g/mol. The molecule has 0 heterocycles. The van der Waals surface area contributed by atoms with Gasteiger partial charge in [-0.05, 0) is 43.0 Å². The Morgan fingerprint density at radius 1 is 1.32 bits per heavy atom. The highest BCUT2D eigenvalue weighted by Gasteiger charge is 2.22. The van der Waals surface area contributed by atoms with E-state index in [2.05, 4.69) is 10.6 Å². The summed E-state index contributed by atoms with van der Waals surface area (Å²) in [4.78, 5) is 12.1. The lowest BCUT2D eigenvalue weighted by Crippen LogP contribution is -2.53. The minimum Gasteiger partial charge on any atom is -0.392 e. The van der Waals surface area contributed by atoms with Crippen molar-refractivity contribution in [3.8, 4) is 0 Å². The normalized spacial score (nSPS) is 15.5. The summed E-state index contributed by atoms with van der Waals surface area (Å²) in [5, 5.41) is 24.6. The van der Waals surface area contributed by atoms with Crippen LogP contribution in [0.3, 0.4) is 0 Å². The highest BCUT2D eigenvalue weighted by atomic mass is 16.3. The Kier molecular flexibility index (Phi) is 6.96. The third kappa shape index (κ3) is 5.06. The minimum absolute atomic E-state index is 0.0305. The summed E-state index contributed by atoms with van der Waals surface area (Å²) in [6, 6.07) is 4.28. The van der Waals surface area contributed by atoms with Crippen molar-refractivity contribution in [2.45, 2.75) is 52.6 Å². The molecule has 6 N–H and O–H groups in total. The standard InChI is InChI=1S/C16H27N3O3/c1-9(2)14(17)16(22)18-11(4)15(21)19-13-6-5-12(8-20)10(3)7-13/h5-7,9,11,14,16,18,20,22H,8,17H2,1-4H3,(H,19,21)/t11-,14-,16?/m0/s1. The highest BCUT2D eigenvalue weighted by Crippen LogP contribution is 2.15. The number of hydrogen-bond acceptors (Lipinski definition) is 5. The van der Waals surface area contributed by atoms with Crippen molar-refractivity contribution >= 4 is 11.6 Å². The Hall–Kier alpha value is -1.47. The SMILES string of the molecule is Cc1cc(NC(=O)[C@H](C)NC(O)[C@@H](N)C(C)C)ccc1CO. The van der Waals surface area contributed by atoms with Gasteiger partial charge in [0.15, 0.2) is 0 Å². The van der Waals surface area contributed by atoms with Crippen LogP contribution in [0, 0.1) is 12.8 Å². The Labute approximate surface area is 131 Å². The fraction of sp³-hybridized carbons (Fsp3) is 0.562. The molecule has 0 aliphatic carbocycles. The van der Waals surface area contributed by atoms with E-state index in [1.54, 1.807) is 25.1 Å². The summed E-state index contributed by atoms with van der Waals surface area (Å²) in [6.45, 7) is 7.32. The number of nitrogens with two attached hydrogens (primary N) is 1. The molecular weight excluding hydrogens is 282 g/mol. The lowest BCUT2D eigenvalue weighted by atomic mass is 10.0. The van der Waals surface area contributed by atoms with Gasteiger partial charge in [-0.3, -0.25) is 10.1 Å². The second-order valence-corrected chi connectivity index (χ2v) is 5.94. The molecule has 124 valence electrons. The zero-order chi connectivity index (χ0) is 16.9. The molecule has 1 amide bonds. The van der Waals surface area contributed by atoms with Gasteiger partial charge in [-0.25, -0.2) is 0 Å². The number of nitrogens with one attached hydrogen (secondary N) is 2. The Morgan fingerprint density at radius 3 is 2.45 bits per heavy atom. The average Bonchev–Trinajstić information content (AvgIpc) is 2.46. The lowest BCUT2D eigenvalue weighted by Gasteiger charge is -2.26. The lowest BCUT2D eigenvalue weighted by molar-refractivity contribution is -0.118. The van der Waals surface area contributed by atoms with Crippen molar-refractivity contribution in [3.63, 3.8) is 0 Å². The number of rotatable bonds is 7. The van der Waals surface area contributed by atoms with Crippen LogP contribution in [0.25, 0.3) is 0 Å². The first-order chi connectivity index (χ1) is 10.3. The molecule has 0 saturated heterocycles. The third-order valence-corrected chi connectivity index (χ3v) is 3.73. The maximum atomic E-state index is 12.1. The number of carbonyl (C=O) groups is 1. The van der Waals surface area contributed by atoms with Crippen molar-refractivity contribution in [2.75, 3.05) is 5.32 Å². The molecule has 1 aromatic rings. The summed E-state index contributed by atoms with van der Waals surface area (Å²) < 4.78 is 0. The van der Waals surface area contributed by atoms with Crippen LogP contribution in [0.1, 0.15) is 31.9 Å². The summed E-state index contributed by atoms with van der Waals surface area (Å²) in [5.41, 5.74) is 8.22. The van der Waals surface area contributed by atoms with E-state index < -0.39 is 18.3 Å². The van der Waals surface area contributed by atoms with Crippen LogP contribution >= 0.6 is 0 Å². The van der Waals surface area contributed by atoms with E-state index in [1.807, 2.05) is 20.8 Å². The van der Waals surface area contributed by atoms with Gasteiger partial charge in [0.05, 0.1) is 12.6 Å². The molecule has 0 aliphatic heterocycles. The Bertz CT molecular complexity index is 505. The van der Waals surface area contributed by atoms with Crippen LogP contribution < -0.4 is 16.4 Å². The van der Waals surface area contributed by atoms with Gasteiger partial charge in [0.1, 0.15) is 6.23 Å². The molecule has 0 aliphatic rings. The molecule has 0 bridgehead atoms. The molecule has 0 radical (unpaired) electrons. The zero-order valence-corrected chi connectivity index (χ0v) is 13.6. The molecule has 22 heavy (non-hydrogen) atoms. The quantitative estimate of drug-likeness (QED) is 0.477. The summed E-state index contributed by atoms with van der Waals surface area (Å²) in [6.07, 6.45) is -0.945. The largest absolute Gasteiger partial charge is 0.392 e. The van der Waals surface area contributed by atoms with Crippen molar-refractivity contribution in [1.82, 2.24) is 5.32 Å². The van der Waals surface area contributed by atoms with Crippen LogP contribution in [0.5, 0.6) is 0 Å². The fourth-order valence-corrected chi connectivity index (χ4v) is 2.01. The smallest absolute Gasteiger partial charge is 0.241 e. The van der Waals surface area contributed by atoms with Crippen molar-refractivity contribution in [3.05, 3.63) is 29.3 Å². The molecular formula is C16H27N3O3. The monoisotopic (exact) mass is 309 g/mol. The predicted octanol–water partition coefficient (Wildman–Crippen LogP) is 0.706. The van der Waals surface area contributed by atoms with E-state index >= 15 is 0 Å². The molecule has 1 aromatic carbocycles. The first-order valence-electron chi connectivity index (χ1n) is 7.47. The van der Waals surface area contributed by atoms with E-state index in [0.29, 0.717) is 5.69 Å². The highest BCUT2D eigenvalue weighted by molar-refractivity contribution is 5.94. The molecule has 6 nitrogen and oxygen atoms in total. The first kappa shape index (κ1) is 18.6. The first-order valence-corrected chi connectivity index (χ1v) is 7.47. The van der Waals surface area contributed by atoms with E-state index in [0.717, 1.165) is 11.1 Å². The number of aliphatic hydroxyl groups is 2. The molecule has 1 unspecified atom stereocenters. The van der Waals surface area contributed by atoms with Gasteiger partial charge in [0, 0.05) is 11.7 Å². The molecule has 6 heteroatoms. The van der Waals surface area contributed by atoms with Gasteiger partial charge in [-0.15, -0.1) is 0 Å². The second kappa shape index (κ2) is 8.24. The molecule has 0 spiro atoms.